The number of nitrogens with one attached hydrogen (secondary N) is 1. The van der Waals surface area contributed by atoms with Crippen molar-refractivity contribution in [2.45, 2.75) is 51.6 Å². The lowest BCUT2D eigenvalue weighted by Crippen LogP contribution is -2.57. The zero-order valence-electron chi connectivity index (χ0n) is 18.6. The molecule has 5 N–H and O–H groups in total. The van der Waals surface area contributed by atoms with E-state index in [2.05, 4.69) is 10.3 Å². The lowest BCUT2D eigenvalue weighted by Gasteiger charge is -2.40. The number of carbonyl (C=O) groups excluding carboxylic acids is 2. The second-order valence-corrected chi connectivity index (χ2v) is 9.94. The fraction of sp³-hybridized carbons (Fsp3) is 0.500. The van der Waals surface area contributed by atoms with Gasteiger partial charge < -0.3 is 21.7 Å². The highest BCUT2D eigenvalue weighted by Crippen LogP contribution is 2.37. The number of urea groups is 1. The Bertz CT molecular complexity index is 1030. The van der Waals surface area contributed by atoms with Crippen molar-refractivity contribution in [2.75, 3.05) is 13.1 Å². The van der Waals surface area contributed by atoms with Gasteiger partial charge in [-0.05, 0) is 29.2 Å². The van der Waals surface area contributed by atoms with Crippen molar-refractivity contribution in [1.82, 2.24) is 10.2 Å². The highest BCUT2D eigenvalue weighted by molar-refractivity contribution is 6.31. The van der Waals surface area contributed by atoms with Crippen LogP contribution < -0.4 is 16.8 Å². The first-order chi connectivity index (χ1) is 15.2. The standard InChI is InChI=1S/C22H27ClF3N5O2/c1-21(2,3)16-10-31(20(33)29-12-7-22(25,26)8-12)9-15(30-16)17(19(28)32)18(27)11-4-5-14(24)13(23)6-11/h4-6,12,16H,7-10,27H2,1-3H3,(H2,28,32)(H,29,33). The Kier molecular flexibility index (Phi) is 6.70. The van der Waals surface area contributed by atoms with Gasteiger partial charge in [-0.2, -0.15) is 0 Å². The number of alkyl halides is 2. The number of aliphatic imine (C=N–C) groups is 1. The molecule has 1 aliphatic carbocycles. The lowest BCUT2D eigenvalue weighted by atomic mass is 9.85. The molecule has 0 bridgehead atoms. The Hall–Kier alpha value is -2.75. The Morgan fingerprint density at radius 2 is 1.88 bits per heavy atom. The van der Waals surface area contributed by atoms with Crippen LogP contribution in [0.2, 0.25) is 5.02 Å². The third-order valence-corrected chi connectivity index (χ3v) is 6.07. The van der Waals surface area contributed by atoms with Gasteiger partial charge in [-0.1, -0.05) is 32.4 Å². The minimum atomic E-state index is -2.77. The molecule has 1 fully saturated rings. The van der Waals surface area contributed by atoms with Crippen molar-refractivity contribution < 1.29 is 22.8 Å². The van der Waals surface area contributed by atoms with Gasteiger partial charge in [0.2, 0.25) is 0 Å². The molecule has 1 saturated carbocycles. The third-order valence-electron chi connectivity index (χ3n) is 5.79. The zero-order chi connectivity index (χ0) is 24.7. The summed E-state index contributed by atoms with van der Waals surface area (Å²) in [6.45, 7) is 5.88. The first-order valence-corrected chi connectivity index (χ1v) is 10.8. The summed E-state index contributed by atoms with van der Waals surface area (Å²) in [7, 11) is 0. The number of benzene rings is 1. The van der Waals surface area contributed by atoms with Crippen molar-refractivity contribution in [3.63, 3.8) is 0 Å². The van der Waals surface area contributed by atoms with Crippen LogP contribution in [-0.4, -0.2) is 53.6 Å². The number of amides is 3. The molecule has 1 unspecified atom stereocenters. The average Bonchev–Trinajstić information content (AvgIpc) is 2.67. The number of primary amides is 1. The van der Waals surface area contributed by atoms with Crippen molar-refractivity contribution in [2.24, 2.45) is 21.9 Å². The number of rotatable bonds is 4. The van der Waals surface area contributed by atoms with Crippen LogP contribution in [0.1, 0.15) is 39.2 Å². The number of nitrogens with zero attached hydrogens (tertiary/aromatic N) is 2. The molecule has 0 saturated heterocycles. The summed E-state index contributed by atoms with van der Waals surface area (Å²) in [5.41, 5.74) is 11.7. The molecule has 3 amide bonds. The van der Waals surface area contributed by atoms with E-state index in [0.29, 0.717) is 0 Å². The SMILES string of the molecule is CC(C)(C)C1CN(C(=O)NC2CC(F)(F)C2)CC(C(C(N)=O)=C(N)c2ccc(F)c(Cl)c2)=N1. The van der Waals surface area contributed by atoms with Gasteiger partial charge in [0.15, 0.2) is 0 Å². The number of nitrogens with two attached hydrogens (primary N) is 2. The number of carbonyl (C=O) groups is 2. The van der Waals surface area contributed by atoms with Gasteiger partial charge in [-0.3, -0.25) is 9.79 Å². The summed E-state index contributed by atoms with van der Waals surface area (Å²) in [6.07, 6.45) is -0.831. The quantitative estimate of drug-likeness (QED) is 0.568. The predicted octanol–water partition coefficient (Wildman–Crippen LogP) is 3.31. The van der Waals surface area contributed by atoms with Gasteiger partial charge >= 0.3 is 6.03 Å². The molecule has 180 valence electrons. The zero-order valence-corrected chi connectivity index (χ0v) is 19.3. The fourth-order valence-electron chi connectivity index (χ4n) is 3.76. The molecule has 1 aromatic rings. The Labute approximate surface area is 195 Å². The largest absolute Gasteiger partial charge is 0.398 e. The Morgan fingerprint density at radius 3 is 2.39 bits per heavy atom. The second-order valence-electron chi connectivity index (χ2n) is 9.53. The van der Waals surface area contributed by atoms with Crippen molar-refractivity contribution in [3.8, 4) is 0 Å². The van der Waals surface area contributed by atoms with Crippen LogP contribution in [0.5, 0.6) is 0 Å². The van der Waals surface area contributed by atoms with E-state index >= 15 is 0 Å². The molecule has 1 aliphatic heterocycles. The van der Waals surface area contributed by atoms with Crippen LogP contribution >= 0.6 is 11.6 Å². The van der Waals surface area contributed by atoms with Gasteiger partial charge in [0.25, 0.3) is 11.8 Å². The summed E-state index contributed by atoms with van der Waals surface area (Å²) in [4.78, 5) is 31.3. The fourth-order valence-corrected chi connectivity index (χ4v) is 3.94. The lowest BCUT2D eigenvalue weighted by molar-refractivity contribution is -0.114. The molecule has 0 aromatic heterocycles. The Balaban J connectivity index is 1.96. The van der Waals surface area contributed by atoms with E-state index < -0.39 is 54.0 Å². The molecule has 1 atom stereocenters. The van der Waals surface area contributed by atoms with E-state index in [1.807, 2.05) is 20.8 Å². The molecule has 0 spiro atoms. The van der Waals surface area contributed by atoms with Crippen LogP contribution in [0.15, 0.2) is 28.8 Å². The summed E-state index contributed by atoms with van der Waals surface area (Å²) < 4.78 is 39.9. The first-order valence-electron chi connectivity index (χ1n) is 10.4. The van der Waals surface area contributed by atoms with Gasteiger partial charge in [0, 0.05) is 25.4 Å². The van der Waals surface area contributed by atoms with Crippen LogP contribution in [0.3, 0.4) is 0 Å². The Morgan fingerprint density at radius 1 is 1.24 bits per heavy atom. The molecule has 2 aliphatic rings. The summed E-state index contributed by atoms with van der Waals surface area (Å²) >= 11 is 5.85. The van der Waals surface area contributed by atoms with E-state index in [-0.39, 0.29) is 40.7 Å². The number of hydrogen-bond acceptors (Lipinski definition) is 4. The molecule has 11 heteroatoms. The van der Waals surface area contributed by atoms with Crippen LogP contribution in [-0.2, 0) is 4.79 Å². The first kappa shape index (κ1) is 24.9. The van der Waals surface area contributed by atoms with Crippen LogP contribution in [0, 0.1) is 11.2 Å². The van der Waals surface area contributed by atoms with Gasteiger partial charge in [0.05, 0.1) is 34.6 Å². The normalized spacial score (nSPS) is 21.6. The molecule has 3 rings (SSSR count). The molecule has 1 aromatic carbocycles. The summed E-state index contributed by atoms with van der Waals surface area (Å²) in [5.74, 6) is -4.30. The molecular weight excluding hydrogens is 459 g/mol. The van der Waals surface area contributed by atoms with Crippen LogP contribution in [0.4, 0.5) is 18.0 Å². The highest BCUT2D eigenvalue weighted by atomic mass is 35.5. The minimum absolute atomic E-state index is 0.0586. The smallest absolute Gasteiger partial charge is 0.318 e. The summed E-state index contributed by atoms with van der Waals surface area (Å²) in [6, 6.07) is 2.14. The van der Waals surface area contributed by atoms with E-state index in [4.69, 9.17) is 23.1 Å². The monoisotopic (exact) mass is 485 g/mol. The third kappa shape index (κ3) is 5.61. The topological polar surface area (TPSA) is 114 Å². The van der Waals surface area contributed by atoms with E-state index in [1.54, 1.807) is 0 Å². The van der Waals surface area contributed by atoms with Crippen molar-refractivity contribution in [1.29, 1.82) is 0 Å². The summed E-state index contributed by atoms with van der Waals surface area (Å²) in [5, 5.41) is 2.42. The molecule has 0 radical (unpaired) electrons. The maximum atomic E-state index is 13.6. The van der Waals surface area contributed by atoms with Crippen molar-refractivity contribution >= 4 is 34.9 Å². The highest BCUT2D eigenvalue weighted by Gasteiger charge is 2.46. The molecule has 7 nitrogen and oxygen atoms in total. The number of halogens is 4. The van der Waals surface area contributed by atoms with E-state index in [1.165, 1.54) is 17.0 Å². The van der Waals surface area contributed by atoms with Crippen LogP contribution in [0.25, 0.3) is 5.70 Å². The maximum Gasteiger partial charge on any atom is 0.318 e. The molecule has 33 heavy (non-hydrogen) atoms. The molecule has 1 heterocycles. The number of hydrogen-bond donors (Lipinski definition) is 3. The van der Waals surface area contributed by atoms with Gasteiger partial charge in [0.1, 0.15) is 5.82 Å². The van der Waals surface area contributed by atoms with Gasteiger partial charge in [-0.25, -0.2) is 18.0 Å². The minimum Gasteiger partial charge on any atom is -0.398 e. The second kappa shape index (κ2) is 8.89. The van der Waals surface area contributed by atoms with Gasteiger partial charge in [-0.15, -0.1) is 0 Å². The predicted molar refractivity (Wildman–Crippen MR) is 120 cm³/mol. The van der Waals surface area contributed by atoms with Crippen molar-refractivity contribution in [3.05, 3.63) is 40.2 Å². The van der Waals surface area contributed by atoms with E-state index in [9.17, 15) is 22.8 Å². The van der Waals surface area contributed by atoms with E-state index in [0.717, 1.165) is 6.07 Å². The molecular formula is C22H27ClF3N5O2. The average molecular weight is 486 g/mol. The maximum absolute atomic E-state index is 13.6.